The number of nitrogens with zero attached hydrogens (tertiary/aromatic N) is 1. The smallest absolute Gasteiger partial charge is 0.200 e. The van der Waals surface area contributed by atoms with Crippen LogP contribution in [0.5, 0.6) is 0 Å². The molecule has 0 aromatic heterocycles. The molecule has 0 saturated carbocycles. The number of piperidine rings is 1. The summed E-state index contributed by atoms with van der Waals surface area (Å²) in [5, 5.41) is 0. The van der Waals surface area contributed by atoms with Gasteiger partial charge in [-0.2, -0.15) is 0 Å². The summed E-state index contributed by atoms with van der Waals surface area (Å²) in [5.74, 6) is 0.769. The molecule has 6 atom stereocenters. The predicted molar refractivity (Wildman–Crippen MR) is 182 cm³/mol. The summed E-state index contributed by atoms with van der Waals surface area (Å²) in [4.78, 5) is 2.61. The number of hydrogen-bond acceptors (Lipinski definition) is 5. The zero-order chi connectivity index (χ0) is 32.2. The Labute approximate surface area is 265 Å². The van der Waals surface area contributed by atoms with Crippen LogP contribution in [-0.2, 0) is 18.6 Å². The normalized spacial score (nSPS) is 28.6. The lowest BCUT2D eigenvalue weighted by Crippen LogP contribution is -2.65. The molecule has 0 amide bonds. The van der Waals surface area contributed by atoms with Gasteiger partial charge in [0, 0.05) is 13.1 Å². The SMILES string of the molecule is CC(C)c1cc(C(C)C)c(C(C)O[C@H]2CCN3C[C@H]4OC(C)(C)O[C@H]4[C@H](O[Si](C(C)C)(C(C)C)C(C)C)[C@@H]23)c(C(C)C)c1. The Kier molecular flexibility index (Phi) is 10.7. The predicted octanol–water partition coefficient (Wildman–Crippen LogP) is 9.67. The average molecular weight is 616 g/mol. The molecule has 1 unspecified atom stereocenters. The van der Waals surface area contributed by atoms with Gasteiger partial charge in [0.2, 0.25) is 8.32 Å². The summed E-state index contributed by atoms with van der Waals surface area (Å²) in [6.07, 6.45) is 0.956. The van der Waals surface area contributed by atoms with Crippen molar-refractivity contribution in [1.82, 2.24) is 4.90 Å². The Morgan fingerprint density at radius 3 is 1.79 bits per heavy atom. The van der Waals surface area contributed by atoms with Crippen LogP contribution in [-0.4, -0.2) is 62.6 Å². The summed E-state index contributed by atoms with van der Waals surface area (Å²) in [7, 11) is -2.20. The summed E-state index contributed by atoms with van der Waals surface area (Å²) < 4.78 is 28.2. The van der Waals surface area contributed by atoms with Gasteiger partial charge in [0.1, 0.15) is 12.2 Å². The molecule has 3 fully saturated rings. The van der Waals surface area contributed by atoms with Crippen molar-refractivity contribution in [3.05, 3.63) is 34.4 Å². The Bertz CT molecular complexity index is 1050. The second kappa shape index (κ2) is 13.2. The molecule has 43 heavy (non-hydrogen) atoms. The van der Waals surface area contributed by atoms with E-state index in [1.54, 1.807) is 0 Å². The minimum Gasteiger partial charge on any atom is -0.409 e. The van der Waals surface area contributed by atoms with E-state index in [0.717, 1.165) is 19.5 Å². The van der Waals surface area contributed by atoms with Crippen LogP contribution >= 0.6 is 0 Å². The van der Waals surface area contributed by atoms with Crippen molar-refractivity contribution in [2.45, 2.75) is 187 Å². The van der Waals surface area contributed by atoms with Gasteiger partial charge in [-0.1, -0.05) is 95.2 Å². The lowest BCUT2D eigenvalue weighted by molar-refractivity contribution is -0.157. The third-order valence-corrected chi connectivity index (χ3v) is 16.9. The van der Waals surface area contributed by atoms with Crippen molar-refractivity contribution in [1.29, 1.82) is 0 Å². The quantitative estimate of drug-likeness (QED) is 0.232. The van der Waals surface area contributed by atoms with Crippen LogP contribution in [0.25, 0.3) is 0 Å². The molecule has 5 nitrogen and oxygen atoms in total. The van der Waals surface area contributed by atoms with Gasteiger partial charge in [-0.25, -0.2) is 0 Å². The van der Waals surface area contributed by atoms with Gasteiger partial charge in [0.15, 0.2) is 5.79 Å². The standard InChI is InChI=1S/C37H65NO4Si/c1-21(2)28-18-29(22(3)4)33(30(19-28)23(5)6)27(13)39-31-16-17-38-20-32-35(41-37(14,15)40-32)36(34(31)38)42-43(24(7)8,25(9)10)26(11)12/h18-19,21-27,31-32,34-36H,16-17,20H2,1-15H3/t27?,31-,32+,34+,35+,36+/m0/s1. The summed E-state index contributed by atoms with van der Waals surface area (Å²) in [6, 6.07) is 5.06. The molecular weight excluding hydrogens is 550 g/mol. The Morgan fingerprint density at radius 1 is 0.791 bits per heavy atom. The van der Waals surface area contributed by atoms with Crippen molar-refractivity contribution < 1.29 is 18.6 Å². The molecule has 1 aromatic rings. The average Bonchev–Trinajstić information content (AvgIpc) is 3.43. The minimum atomic E-state index is -2.20. The van der Waals surface area contributed by atoms with Crippen LogP contribution in [0.3, 0.4) is 0 Å². The van der Waals surface area contributed by atoms with E-state index in [4.69, 9.17) is 18.6 Å². The third kappa shape index (κ3) is 6.71. The molecule has 0 bridgehead atoms. The highest BCUT2D eigenvalue weighted by atomic mass is 28.4. The van der Waals surface area contributed by atoms with Crippen LogP contribution in [0.4, 0.5) is 0 Å². The van der Waals surface area contributed by atoms with Gasteiger partial charge in [-0.05, 0) is 83.8 Å². The lowest BCUT2D eigenvalue weighted by Gasteiger charge is -2.51. The second-order valence-electron chi connectivity index (χ2n) is 16.2. The summed E-state index contributed by atoms with van der Waals surface area (Å²) in [6.45, 7) is 36.5. The van der Waals surface area contributed by atoms with Gasteiger partial charge in [0.25, 0.3) is 0 Å². The number of ether oxygens (including phenoxy) is 3. The first-order valence-corrected chi connectivity index (χ1v) is 19.7. The van der Waals surface area contributed by atoms with E-state index in [1.807, 2.05) is 0 Å². The monoisotopic (exact) mass is 615 g/mol. The Hall–Kier alpha value is -0.763. The molecule has 6 heteroatoms. The maximum atomic E-state index is 7.68. The minimum absolute atomic E-state index is 0.00109. The van der Waals surface area contributed by atoms with E-state index in [9.17, 15) is 0 Å². The zero-order valence-corrected chi connectivity index (χ0v) is 31.3. The van der Waals surface area contributed by atoms with Gasteiger partial charge in [0.05, 0.1) is 24.4 Å². The molecule has 0 spiro atoms. The lowest BCUT2D eigenvalue weighted by atomic mass is 9.82. The van der Waals surface area contributed by atoms with E-state index in [-0.39, 0.29) is 36.6 Å². The van der Waals surface area contributed by atoms with Crippen LogP contribution < -0.4 is 0 Å². The van der Waals surface area contributed by atoms with Crippen LogP contribution in [0.1, 0.15) is 156 Å². The first kappa shape index (κ1) is 35.1. The molecule has 3 saturated heterocycles. The summed E-state index contributed by atoms with van der Waals surface area (Å²) >= 11 is 0. The van der Waals surface area contributed by atoms with Gasteiger partial charge in [-0.3, -0.25) is 4.90 Å². The van der Waals surface area contributed by atoms with Gasteiger partial charge in [-0.15, -0.1) is 0 Å². The maximum absolute atomic E-state index is 7.68. The molecule has 246 valence electrons. The molecule has 3 aliphatic heterocycles. The number of rotatable bonds is 11. The highest BCUT2D eigenvalue weighted by Crippen LogP contribution is 2.49. The van der Waals surface area contributed by atoms with Crippen LogP contribution in [0, 0.1) is 0 Å². The van der Waals surface area contributed by atoms with Crippen molar-refractivity contribution in [3.8, 4) is 0 Å². The first-order chi connectivity index (χ1) is 19.9. The van der Waals surface area contributed by atoms with E-state index in [0.29, 0.717) is 34.4 Å². The number of fused-ring (bicyclic) bond motifs is 2. The van der Waals surface area contributed by atoms with Crippen LogP contribution in [0.2, 0.25) is 16.6 Å². The Morgan fingerprint density at radius 2 is 1.33 bits per heavy atom. The zero-order valence-electron chi connectivity index (χ0n) is 30.3. The molecule has 3 heterocycles. The van der Waals surface area contributed by atoms with E-state index in [2.05, 4.69) is 121 Å². The third-order valence-electron chi connectivity index (χ3n) is 10.8. The van der Waals surface area contributed by atoms with Gasteiger partial charge < -0.3 is 18.6 Å². The number of hydrogen-bond donors (Lipinski definition) is 0. The fourth-order valence-corrected chi connectivity index (χ4v) is 14.5. The Balaban J connectivity index is 1.74. The van der Waals surface area contributed by atoms with Crippen molar-refractivity contribution in [2.24, 2.45) is 0 Å². The van der Waals surface area contributed by atoms with Crippen molar-refractivity contribution in [2.75, 3.05) is 13.1 Å². The second-order valence-corrected chi connectivity index (χ2v) is 21.6. The fourth-order valence-electron chi connectivity index (χ4n) is 8.93. The van der Waals surface area contributed by atoms with Crippen molar-refractivity contribution in [3.63, 3.8) is 0 Å². The molecule has 1 aromatic carbocycles. The van der Waals surface area contributed by atoms with Crippen molar-refractivity contribution >= 4 is 8.32 Å². The molecule has 4 rings (SSSR count). The first-order valence-electron chi connectivity index (χ1n) is 17.5. The topological polar surface area (TPSA) is 40.2 Å². The molecule has 0 radical (unpaired) electrons. The summed E-state index contributed by atoms with van der Waals surface area (Å²) in [5.41, 5.74) is 7.20. The van der Waals surface area contributed by atoms with Gasteiger partial charge >= 0.3 is 0 Å². The molecule has 0 N–H and O–H groups in total. The highest BCUT2D eigenvalue weighted by Gasteiger charge is 2.60. The van der Waals surface area contributed by atoms with E-state index < -0.39 is 14.1 Å². The van der Waals surface area contributed by atoms with E-state index >= 15 is 0 Å². The fraction of sp³-hybridized carbons (Fsp3) is 0.838. The number of benzene rings is 1. The molecule has 3 aliphatic rings. The largest absolute Gasteiger partial charge is 0.409 e. The molecule has 0 aliphatic carbocycles. The van der Waals surface area contributed by atoms with Crippen LogP contribution in [0.15, 0.2) is 12.1 Å². The highest BCUT2D eigenvalue weighted by molar-refractivity contribution is 6.77. The molecular formula is C37H65NO4Si. The van der Waals surface area contributed by atoms with E-state index in [1.165, 1.54) is 22.3 Å². The maximum Gasteiger partial charge on any atom is 0.200 e.